The molecule has 7 nitrogen and oxygen atoms in total. The standard InChI is InChI=1S/C28H36N6O/c1-21-7-13-24(14-8-21)33-18-15-32(16-19-33)17-20-34(28(35)22-9-11-23(29)12-10-22)27-25-5-3-4-6-26(25)30-31(27)2/h7-14H,3-6,15-20,29H2,1-2H3. The van der Waals surface area contributed by atoms with Gasteiger partial charge in [-0.25, -0.2) is 0 Å². The number of anilines is 3. The minimum atomic E-state index is 0.0136. The number of hydrogen-bond donors (Lipinski definition) is 1. The Hall–Kier alpha value is -3.32. The monoisotopic (exact) mass is 472 g/mol. The second-order valence-electron chi connectivity index (χ2n) is 9.82. The molecule has 2 aliphatic rings. The van der Waals surface area contributed by atoms with Gasteiger partial charge in [-0.1, -0.05) is 17.7 Å². The van der Waals surface area contributed by atoms with Gasteiger partial charge in [-0.05, 0) is 69.0 Å². The summed E-state index contributed by atoms with van der Waals surface area (Å²) >= 11 is 0. The summed E-state index contributed by atoms with van der Waals surface area (Å²) in [5.74, 6) is 0.972. The van der Waals surface area contributed by atoms with Crippen molar-refractivity contribution in [2.24, 2.45) is 7.05 Å². The van der Waals surface area contributed by atoms with Gasteiger partial charge in [0.2, 0.25) is 0 Å². The minimum Gasteiger partial charge on any atom is -0.399 e. The summed E-state index contributed by atoms with van der Waals surface area (Å²) in [5.41, 5.74) is 12.2. The fraction of sp³-hybridized carbons (Fsp3) is 0.429. The molecule has 1 fully saturated rings. The smallest absolute Gasteiger partial charge is 0.259 e. The fourth-order valence-electron chi connectivity index (χ4n) is 5.31. The number of carbonyl (C=O) groups excluding carboxylic acids is 1. The van der Waals surface area contributed by atoms with Crippen LogP contribution in [0.25, 0.3) is 0 Å². The quantitative estimate of drug-likeness (QED) is 0.555. The van der Waals surface area contributed by atoms with Crippen LogP contribution in [0.1, 0.15) is 40.0 Å². The van der Waals surface area contributed by atoms with Gasteiger partial charge in [0, 0.05) is 68.8 Å². The molecule has 1 saturated heterocycles. The molecule has 2 N–H and O–H groups in total. The van der Waals surface area contributed by atoms with Gasteiger partial charge < -0.3 is 10.6 Å². The number of benzene rings is 2. The number of hydrogen-bond acceptors (Lipinski definition) is 5. The molecule has 0 unspecified atom stereocenters. The van der Waals surface area contributed by atoms with Gasteiger partial charge in [-0.15, -0.1) is 0 Å². The molecule has 1 aliphatic heterocycles. The third kappa shape index (κ3) is 5.05. The van der Waals surface area contributed by atoms with Gasteiger partial charge in [0.15, 0.2) is 0 Å². The number of piperazine rings is 1. The van der Waals surface area contributed by atoms with Crippen molar-refractivity contribution in [3.8, 4) is 0 Å². The second kappa shape index (κ2) is 10.1. The normalized spacial score (nSPS) is 16.2. The molecular weight excluding hydrogens is 436 g/mol. The molecule has 2 heterocycles. The van der Waals surface area contributed by atoms with E-state index in [0.29, 0.717) is 17.8 Å². The molecule has 7 heteroatoms. The lowest BCUT2D eigenvalue weighted by atomic mass is 9.97. The maximum Gasteiger partial charge on any atom is 0.259 e. The van der Waals surface area contributed by atoms with Gasteiger partial charge in [-0.2, -0.15) is 5.10 Å². The summed E-state index contributed by atoms with van der Waals surface area (Å²) in [6, 6.07) is 16.0. The Bertz CT molecular complexity index is 1160. The topological polar surface area (TPSA) is 70.6 Å². The van der Waals surface area contributed by atoms with E-state index in [1.165, 1.54) is 23.2 Å². The Labute approximate surface area is 208 Å². The molecule has 0 atom stereocenters. The van der Waals surface area contributed by atoms with Crippen LogP contribution in [0.4, 0.5) is 17.2 Å². The van der Waals surface area contributed by atoms with Crippen molar-refractivity contribution in [3.05, 3.63) is 70.9 Å². The van der Waals surface area contributed by atoms with Crippen molar-refractivity contribution >= 4 is 23.1 Å². The van der Waals surface area contributed by atoms with E-state index < -0.39 is 0 Å². The Kier molecular flexibility index (Phi) is 6.77. The molecule has 3 aromatic rings. The lowest BCUT2D eigenvalue weighted by Gasteiger charge is -2.37. The van der Waals surface area contributed by atoms with Crippen LogP contribution in [-0.4, -0.2) is 59.9 Å². The second-order valence-corrected chi connectivity index (χ2v) is 9.82. The zero-order valence-corrected chi connectivity index (χ0v) is 20.9. The van der Waals surface area contributed by atoms with E-state index in [9.17, 15) is 4.79 Å². The van der Waals surface area contributed by atoms with Gasteiger partial charge in [0.25, 0.3) is 5.91 Å². The number of nitrogen functional groups attached to an aromatic ring is 1. The fourth-order valence-corrected chi connectivity index (χ4v) is 5.31. The zero-order valence-electron chi connectivity index (χ0n) is 20.9. The van der Waals surface area contributed by atoms with Gasteiger partial charge >= 0.3 is 0 Å². The average molecular weight is 473 g/mol. The van der Waals surface area contributed by atoms with Gasteiger partial charge in [0.05, 0.1) is 5.69 Å². The summed E-state index contributed by atoms with van der Waals surface area (Å²) in [5, 5.41) is 4.79. The van der Waals surface area contributed by atoms with Gasteiger partial charge in [-0.3, -0.25) is 19.3 Å². The van der Waals surface area contributed by atoms with Crippen LogP contribution in [0.5, 0.6) is 0 Å². The van der Waals surface area contributed by atoms with Crippen LogP contribution >= 0.6 is 0 Å². The molecule has 35 heavy (non-hydrogen) atoms. The highest BCUT2D eigenvalue weighted by atomic mass is 16.2. The molecular formula is C28H36N6O. The average Bonchev–Trinajstić information content (AvgIpc) is 3.21. The molecule has 0 spiro atoms. The Morgan fingerprint density at radius 3 is 2.37 bits per heavy atom. The number of nitrogens with two attached hydrogens (primary N) is 1. The summed E-state index contributed by atoms with van der Waals surface area (Å²) in [6.07, 6.45) is 4.30. The molecule has 184 valence electrons. The number of rotatable bonds is 6. The van der Waals surface area contributed by atoms with E-state index in [2.05, 4.69) is 41.0 Å². The molecule has 1 amide bonds. The first-order valence-electron chi connectivity index (χ1n) is 12.8. The Morgan fingerprint density at radius 1 is 0.971 bits per heavy atom. The van der Waals surface area contributed by atoms with Crippen LogP contribution in [0.15, 0.2) is 48.5 Å². The van der Waals surface area contributed by atoms with Crippen LogP contribution in [0, 0.1) is 6.92 Å². The third-order valence-electron chi connectivity index (χ3n) is 7.36. The third-order valence-corrected chi connectivity index (χ3v) is 7.36. The van der Waals surface area contributed by atoms with Crippen LogP contribution in [0.3, 0.4) is 0 Å². The number of aromatic nitrogens is 2. The van der Waals surface area contributed by atoms with Crippen molar-refractivity contribution < 1.29 is 4.79 Å². The van der Waals surface area contributed by atoms with Gasteiger partial charge in [0.1, 0.15) is 5.82 Å². The van der Waals surface area contributed by atoms with E-state index in [1.807, 2.05) is 28.8 Å². The first-order valence-corrected chi connectivity index (χ1v) is 12.8. The van der Waals surface area contributed by atoms with Crippen molar-refractivity contribution in [3.63, 3.8) is 0 Å². The zero-order chi connectivity index (χ0) is 24.4. The minimum absolute atomic E-state index is 0.0136. The largest absolute Gasteiger partial charge is 0.399 e. The van der Waals surface area contributed by atoms with E-state index in [1.54, 1.807) is 12.1 Å². The summed E-state index contributed by atoms with van der Waals surface area (Å²) < 4.78 is 1.92. The summed E-state index contributed by atoms with van der Waals surface area (Å²) in [4.78, 5) is 20.6. The van der Waals surface area contributed by atoms with E-state index >= 15 is 0 Å². The van der Waals surface area contributed by atoms with Crippen LogP contribution < -0.4 is 15.5 Å². The van der Waals surface area contributed by atoms with Crippen molar-refractivity contribution in [2.45, 2.75) is 32.6 Å². The number of amides is 1. The highest BCUT2D eigenvalue weighted by molar-refractivity contribution is 6.06. The van der Waals surface area contributed by atoms with Crippen molar-refractivity contribution in [1.82, 2.24) is 14.7 Å². The lowest BCUT2D eigenvalue weighted by molar-refractivity contribution is 0.0981. The molecule has 0 saturated carbocycles. The summed E-state index contributed by atoms with van der Waals surface area (Å²) in [6.45, 7) is 7.56. The molecule has 0 radical (unpaired) electrons. The highest BCUT2D eigenvalue weighted by Crippen LogP contribution is 2.31. The first-order chi connectivity index (χ1) is 17.0. The van der Waals surface area contributed by atoms with E-state index in [4.69, 9.17) is 10.8 Å². The molecule has 2 aromatic carbocycles. The number of fused-ring (bicyclic) bond motifs is 1. The van der Waals surface area contributed by atoms with Crippen LogP contribution in [-0.2, 0) is 19.9 Å². The molecule has 0 bridgehead atoms. The molecule has 1 aliphatic carbocycles. The number of nitrogens with zero attached hydrogens (tertiary/aromatic N) is 5. The Balaban J connectivity index is 1.32. The number of carbonyl (C=O) groups is 1. The molecule has 5 rings (SSSR count). The van der Waals surface area contributed by atoms with Crippen LogP contribution in [0.2, 0.25) is 0 Å². The first kappa shape index (κ1) is 23.4. The summed E-state index contributed by atoms with van der Waals surface area (Å²) in [7, 11) is 1.97. The lowest BCUT2D eigenvalue weighted by Crippen LogP contribution is -2.49. The SMILES string of the molecule is Cc1ccc(N2CCN(CCN(C(=O)c3ccc(N)cc3)c3c4c(nn3C)CCCC4)CC2)cc1. The van der Waals surface area contributed by atoms with Crippen molar-refractivity contribution in [2.75, 3.05) is 54.8 Å². The van der Waals surface area contributed by atoms with Crippen molar-refractivity contribution in [1.29, 1.82) is 0 Å². The maximum absolute atomic E-state index is 13.7. The predicted octanol–water partition coefficient (Wildman–Crippen LogP) is 3.66. The maximum atomic E-state index is 13.7. The molecule has 1 aromatic heterocycles. The highest BCUT2D eigenvalue weighted by Gasteiger charge is 2.28. The number of aryl methyl sites for hydroxylation is 3. The van der Waals surface area contributed by atoms with E-state index in [0.717, 1.165) is 63.5 Å². The predicted molar refractivity (Wildman–Crippen MR) is 142 cm³/mol. The Morgan fingerprint density at radius 2 is 1.66 bits per heavy atom. The van der Waals surface area contributed by atoms with E-state index in [-0.39, 0.29) is 5.91 Å².